The zero-order chi connectivity index (χ0) is 23.3. The minimum absolute atomic E-state index is 0. The number of hydrogen-bond donors (Lipinski definition) is 0. The van der Waals surface area contributed by atoms with Gasteiger partial charge in [0, 0.05) is 19.3 Å². The van der Waals surface area contributed by atoms with Gasteiger partial charge in [0.2, 0.25) is 0 Å². The molecule has 0 N–H and O–H groups in total. The van der Waals surface area contributed by atoms with Crippen LogP contribution in [0.25, 0.3) is 10.2 Å². The lowest BCUT2D eigenvalue weighted by Crippen LogP contribution is -2.39. The number of thiazole rings is 1. The molecule has 0 radical (unpaired) electrons. The third-order valence-corrected chi connectivity index (χ3v) is 7.40. The normalized spacial score (nSPS) is 11.4. The van der Waals surface area contributed by atoms with Crippen molar-refractivity contribution >= 4 is 54.8 Å². The minimum Gasteiger partial charge on any atom is -0.492 e. The van der Waals surface area contributed by atoms with Crippen molar-refractivity contribution in [2.45, 2.75) is 25.7 Å². The van der Waals surface area contributed by atoms with E-state index in [1.54, 1.807) is 23.1 Å². The largest absolute Gasteiger partial charge is 0.492 e. The molecule has 0 saturated carbocycles. The topological polar surface area (TPSA) is 79.8 Å². The molecule has 0 spiro atoms. The average Bonchev–Trinajstić information content (AvgIpc) is 3.21. The molecule has 33 heavy (non-hydrogen) atoms. The predicted molar refractivity (Wildman–Crippen MR) is 137 cm³/mol. The Morgan fingerprint density at radius 1 is 1.03 bits per heavy atom. The van der Waals surface area contributed by atoms with Gasteiger partial charge in [-0.15, -0.1) is 12.4 Å². The highest BCUT2D eigenvalue weighted by Crippen LogP contribution is 2.35. The Hall–Kier alpha value is -2.20. The van der Waals surface area contributed by atoms with Gasteiger partial charge in [-0.05, 0) is 44.3 Å². The lowest BCUT2D eigenvalue weighted by Gasteiger charge is -2.25. The monoisotopic (exact) mass is 511 g/mol. The number of carbonyl (C=O) groups is 1. The van der Waals surface area contributed by atoms with Crippen LogP contribution in [-0.4, -0.2) is 63.3 Å². The van der Waals surface area contributed by atoms with Crippen molar-refractivity contribution in [1.82, 2.24) is 9.88 Å². The van der Waals surface area contributed by atoms with Crippen LogP contribution in [0.4, 0.5) is 5.13 Å². The average molecular weight is 512 g/mol. The number of para-hydroxylation sites is 1. The number of ether oxygens (including phenoxy) is 1. The maximum absolute atomic E-state index is 13.7. The summed E-state index contributed by atoms with van der Waals surface area (Å²) in [5, 5.41) is 0.521. The summed E-state index contributed by atoms with van der Waals surface area (Å²) < 4.78 is 31.3. The first-order chi connectivity index (χ1) is 15.3. The van der Waals surface area contributed by atoms with Gasteiger partial charge in [0.05, 0.1) is 21.8 Å². The summed E-state index contributed by atoms with van der Waals surface area (Å²) in [6.07, 6.45) is 1.12. The predicted octanol–water partition coefficient (Wildman–Crippen LogP) is 4.51. The molecule has 1 amide bonds. The number of hydrogen-bond acceptors (Lipinski definition) is 7. The first-order valence-electron chi connectivity index (χ1n) is 10.7. The second-order valence-electron chi connectivity index (χ2n) is 7.28. The number of sulfone groups is 1. The Kier molecular flexibility index (Phi) is 9.66. The number of nitrogens with zero attached hydrogens (tertiary/aromatic N) is 3. The smallest absolute Gasteiger partial charge is 0.261 e. The molecule has 0 atom stereocenters. The van der Waals surface area contributed by atoms with Gasteiger partial charge in [0.25, 0.3) is 5.91 Å². The van der Waals surface area contributed by atoms with Crippen molar-refractivity contribution in [3.05, 3.63) is 48.0 Å². The maximum atomic E-state index is 13.7. The molecule has 1 aromatic heterocycles. The van der Waals surface area contributed by atoms with E-state index in [9.17, 15) is 13.2 Å². The third-order valence-electron chi connectivity index (χ3n) is 5.20. The molecular weight excluding hydrogens is 482 g/mol. The Morgan fingerprint density at radius 3 is 2.36 bits per heavy atom. The van der Waals surface area contributed by atoms with Crippen molar-refractivity contribution in [3.63, 3.8) is 0 Å². The molecular formula is C23H30ClN3O4S2. The zero-order valence-electron chi connectivity index (χ0n) is 19.3. The summed E-state index contributed by atoms with van der Waals surface area (Å²) in [5.41, 5.74) is 0.852. The standard InChI is InChI=1S/C23H29N3O4S2.ClH/c1-5-25(6-2)15-16-26(22(27)17-11-8-9-14-20(17)32(4,28)29)23-24-21-18(30-7-3)12-10-13-19(21)31-23;/h8-14H,5-7,15-16H2,1-4H3;1H. The van der Waals surface area contributed by atoms with Gasteiger partial charge in [-0.1, -0.05) is 43.4 Å². The van der Waals surface area contributed by atoms with E-state index < -0.39 is 9.84 Å². The van der Waals surface area contributed by atoms with E-state index in [2.05, 4.69) is 18.7 Å². The highest BCUT2D eigenvalue weighted by Gasteiger charge is 2.27. The molecule has 1 heterocycles. The van der Waals surface area contributed by atoms with Crippen molar-refractivity contribution in [3.8, 4) is 5.75 Å². The molecule has 0 fully saturated rings. The number of aromatic nitrogens is 1. The second kappa shape index (κ2) is 11.8. The van der Waals surface area contributed by atoms with Gasteiger partial charge < -0.3 is 9.64 Å². The second-order valence-corrected chi connectivity index (χ2v) is 10.3. The van der Waals surface area contributed by atoms with Gasteiger partial charge in [-0.2, -0.15) is 0 Å². The summed E-state index contributed by atoms with van der Waals surface area (Å²) in [5.74, 6) is 0.287. The molecule has 0 aliphatic carbocycles. The van der Waals surface area contributed by atoms with E-state index in [1.807, 2.05) is 25.1 Å². The molecule has 3 aromatic rings. The quantitative estimate of drug-likeness (QED) is 0.398. The van der Waals surface area contributed by atoms with Gasteiger partial charge in [-0.3, -0.25) is 9.69 Å². The maximum Gasteiger partial charge on any atom is 0.261 e. The lowest BCUT2D eigenvalue weighted by atomic mass is 10.2. The molecule has 10 heteroatoms. The van der Waals surface area contributed by atoms with Crippen molar-refractivity contribution in [1.29, 1.82) is 0 Å². The van der Waals surface area contributed by atoms with Gasteiger partial charge >= 0.3 is 0 Å². The number of benzene rings is 2. The van der Waals surface area contributed by atoms with Crippen LogP contribution in [0.1, 0.15) is 31.1 Å². The van der Waals surface area contributed by atoms with E-state index in [-0.39, 0.29) is 28.8 Å². The number of amides is 1. The molecule has 0 aliphatic heterocycles. The summed E-state index contributed by atoms with van der Waals surface area (Å²) in [6.45, 7) is 9.31. The molecule has 0 saturated heterocycles. The number of carbonyl (C=O) groups excluding carboxylic acids is 1. The molecule has 2 aromatic carbocycles. The molecule has 7 nitrogen and oxygen atoms in total. The van der Waals surface area contributed by atoms with Crippen molar-refractivity contribution in [2.24, 2.45) is 0 Å². The van der Waals surface area contributed by atoms with Crippen molar-refractivity contribution < 1.29 is 17.9 Å². The zero-order valence-corrected chi connectivity index (χ0v) is 21.7. The number of halogens is 1. The van der Waals surface area contributed by atoms with Crippen LogP contribution in [0.15, 0.2) is 47.4 Å². The van der Waals surface area contributed by atoms with Gasteiger partial charge in [0.15, 0.2) is 15.0 Å². The fourth-order valence-electron chi connectivity index (χ4n) is 3.48. The van der Waals surface area contributed by atoms with Crippen LogP contribution >= 0.6 is 23.7 Å². The Bertz CT molecular complexity index is 1190. The first-order valence-corrected chi connectivity index (χ1v) is 13.4. The Balaban J connectivity index is 0.00000385. The third kappa shape index (κ3) is 6.23. The van der Waals surface area contributed by atoms with Crippen LogP contribution in [0.2, 0.25) is 0 Å². The van der Waals surface area contributed by atoms with E-state index in [0.29, 0.717) is 36.1 Å². The number of anilines is 1. The summed E-state index contributed by atoms with van der Waals surface area (Å²) >= 11 is 1.39. The lowest BCUT2D eigenvalue weighted by molar-refractivity contribution is 0.0980. The number of rotatable bonds is 10. The highest BCUT2D eigenvalue weighted by molar-refractivity contribution is 7.90. The van der Waals surface area contributed by atoms with E-state index >= 15 is 0 Å². The highest BCUT2D eigenvalue weighted by atomic mass is 35.5. The van der Waals surface area contributed by atoms with Gasteiger partial charge in [0.1, 0.15) is 11.3 Å². The first kappa shape index (κ1) is 27.0. The summed E-state index contributed by atoms with van der Waals surface area (Å²) in [4.78, 5) is 22.2. The van der Waals surface area contributed by atoms with E-state index in [0.717, 1.165) is 24.0 Å². The molecule has 180 valence electrons. The molecule has 0 aliphatic rings. The summed E-state index contributed by atoms with van der Waals surface area (Å²) in [7, 11) is -3.57. The fraction of sp³-hybridized carbons (Fsp3) is 0.391. The van der Waals surface area contributed by atoms with E-state index in [4.69, 9.17) is 9.72 Å². The van der Waals surface area contributed by atoms with Crippen LogP contribution in [0, 0.1) is 0 Å². The van der Waals surface area contributed by atoms with E-state index in [1.165, 1.54) is 17.4 Å². The Morgan fingerprint density at radius 2 is 1.73 bits per heavy atom. The molecule has 0 bridgehead atoms. The van der Waals surface area contributed by atoms with Crippen molar-refractivity contribution in [2.75, 3.05) is 43.9 Å². The Labute approximate surface area is 205 Å². The minimum atomic E-state index is -3.57. The molecule has 3 rings (SSSR count). The molecule has 0 unspecified atom stereocenters. The fourth-order valence-corrected chi connectivity index (χ4v) is 5.36. The SMILES string of the molecule is CCOc1cccc2sc(N(CCN(CC)CC)C(=O)c3ccccc3S(C)(=O)=O)nc12.Cl. The van der Waals surface area contributed by atoms with Gasteiger partial charge in [-0.25, -0.2) is 13.4 Å². The number of likely N-dealkylation sites (N-methyl/N-ethyl adjacent to an activating group) is 1. The van der Waals surface area contributed by atoms with Crippen LogP contribution in [-0.2, 0) is 9.84 Å². The van der Waals surface area contributed by atoms with Crippen LogP contribution in [0.3, 0.4) is 0 Å². The number of fused-ring (bicyclic) bond motifs is 1. The summed E-state index contributed by atoms with van der Waals surface area (Å²) in [6, 6.07) is 12.0. The van der Waals surface area contributed by atoms with Crippen LogP contribution < -0.4 is 9.64 Å². The van der Waals surface area contributed by atoms with Crippen LogP contribution in [0.5, 0.6) is 5.75 Å².